The number of Topliss-reactive ketones (excluding diaryl/α,β-unsaturated/α-hetero) is 1. The molecule has 7 heteroatoms. The highest BCUT2D eigenvalue weighted by Gasteiger charge is 2.46. The molecule has 1 amide bonds. The van der Waals surface area contributed by atoms with E-state index in [2.05, 4.69) is 20.9 Å². The van der Waals surface area contributed by atoms with Gasteiger partial charge in [-0.1, -0.05) is 64.5 Å². The van der Waals surface area contributed by atoms with Crippen LogP contribution in [0.3, 0.4) is 0 Å². The second kappa shape index (κ2) is 8.91. The minimum absolute atomic E-state index is 0.114. The van der Waals surface area contributed by atoms with Crippen LogP contribution in [-0.4, -0.2) is 33.2 Å². The first kappa shape index (κ1) is 22.1. The average molecular weight is 519 g/mol. The molecule has 34 heavy (non-hydrogen) atoms. The minimum Gasteiger partial charge on any atom is -0.507 e. The monoisotopic (exact) mass is 518 g/mol. The molecular weight excluding hydrogens is 499 g/mol. The third kappa shape index (κ3) is 3.82. The van der Waals surface area contributed by atoms with Crippen LogP contribution in [-0.2, 0) is 16.0 Å². The zero-order valence-corrected chi connectivity index (χ0v) is 19.5. The Morgan fingerprint density at radius 1 is 1.00 bits per heavy atom. The van der Waals surface area contributed by atoms with Crippen LogP contribution in [0, 0.1) is 5.82 Å². The highest BCUT2D eigenvalue weighted by atomic mass is 79.9. The van der Waals surface area contributed by atoms with E-state index in [9.17, 15) is 19.1 Å². The van der Waals surface area contributed by atoms with Gasteiger partial charge in [0.1, 0.15) is 11.6 Å². The number of hydrogen-bond acceptors (Lipinski definition) is 3. The number of benzene rings is 3. The van der Waals surface area contributed by atoms with Gasteiger partial charge >= 0.3 is 0 Å². The van der Waals surface area contributed by atoms with Crippen molar-refractivity contribution in [1.82, 2.24) is 9.88 Å². The molecule has 1 aliphatic rings. The van der Waals surface area contributed by atoms with Crippen LogP contribution in [0.1, 0.15) is 22.7 Å². The molecule has 1 aromatic heterocycles. The van der Waals surface area contributed by atoms with Crippen LogP contribution < -0.4 is 0 Å². The number of halogens is 2. The highest BCUT2D eigenvalue weighted by molar-refractivity contribution is 9.10. The van der Waals surface area contributed by atoms with Gasteiger partial charge in [-0.15, -0.1) is 0 Å². The van der Waals surface area contributed by atoms with E-state index in [4.69, 9.17) is 0 Å². The summed E-state index contributed by atoms with van der Waals surface area (Å²) >= 11 is 3.34. The molecule has 0 radical (unpaired) electrons. The van der Waals surface area contributed by atoms with E-state index in [0.29, 0.717) is 12.0 Å². The van der Waals surface area contributed by atoms with Crippen LogP contribution in [0.5, 0.6) is 0 Å². The molecule has 1 saturated heterocycles. The van der Waals surface area contributed by atoms with Crippen molar-refractivity contribution in [3.63, 3.8) is 0 Å². The van der Waals surface area contributed by atoms with Crippen molar-refractivity contribution in [2.75, 3.05) is 6.54 Å². The summed E-state index contributed by atoms with van der Waals surface area (Å²) in [5.41, 5.74) is 2.38. The standard InChI is InChI=1S/C27H20BrFN2O3/c28-18-11-9-16(10-12-18)25(32)23-24(20-6-1-3-7-21(20)29)31(27(34)26(23)33)14-13-17-15-30-22-8-4-2-5-19(17)22/h1-12,15,24,30,32H,13-14H2/t24-/m0/s1. The molecule has 2 N–H and O–H groups in total. The van der Waals surface area contributed by atoms with E-state index < -0.39 is 23.5 Å². The number of nitrogens with one attached hydrogen (secondary N) is 1. The fourth-order valence-electron chi connectivity index (χ4n) is 4.47. The van der Waals surface area contributed by atoms with Crippen LogP contribution in [0.25, 0.3) is 16.7 Å². The van der Waals surface area contributed by atoms with Gasteiger partial charge in [0.2, 0.25) is 0 Å². The molecule has 0 unspecified atom stereocenters. The first-order chi connectivity index (χ1) is 16.5. The summed E-state index contributed by atoms with van der Waals surface area (Å²) in [5.74, 6) is -2.46. The molecule has 0 saturated carbocycles. The molecule has 1 fully saturated rings. The van der Waals surface area contributed by atoms with Crippen molar-refractivity contribution in [2.45, 2.75) is 12.5 Å². The molecule has 0 aliphatic carbocycles. The zero-order chi connectivity index (χ0) is 23.8. The van der Waals surface area contributed by atoms with Crippen molar-refractivity contribution in [1.29, 1.82) is 0 Å². The summed E-state index contributed by atoms with van der Waals surface area (Å²) in [6, 6.07) is 19.5. The topological polar surface area (TPSA) is 73.4 Å². The summed E-state index contributed by atoms with van der Waals surface area (Å²) in [6.07, 6.45) is 2.33. The van der Waals surface area contributed by atoms with E-state index in [1.54, 1.807) is 42.5 Å². The molecule has 3 aromatic carbocycles. The van der Waals surface area contributed by atoms with Crippen LogP contribution in [0.4, 0.5) is 4.39 Å². The number of fused-ring (bicyclic) bond motifs is 1. The van der Waals surface area contributed by atoms with Crippen molar-refractivity contribution in [2.24, 2.45) is 0 Å². The van der Waals surface area contributed by atoms with Crippen molar-refractivity contribution in [3.05, 3.63) is 112 Å². The quantitative estimate of drug-likeness (QED) is 0.201. The van der Waals surface area contributed by atoms with Gasteiger partial charge in [-0.05, 0) is 36.2 Å². The Morgan fingerprint density at radius 3 is 2.47 bits per heavy atom. The fourth-order valence-corrected chi connectivity index (χ4v) is 4.74. The lowest BCUT2D eigenvalue weighted by molar-refractivity contribution is -0.139. The Labute approximate surface area is 203 Å². The number of H-pyrrole nitrogens is 1. The van der Waals surface area contributed by atoms with Gasteiger partial charge in [-0.2, -0.15) is 0 Å². The second-order valence-corrected chi connectivity index (χ2v) is 9.05. The SMILES string of the molecule is O=C1C(=O)N(CCc2c[nH]c3ccccc23)[C@@H](c2ccccc2F)C1=C(O)c1ccc(Br)cc1. The Morgan fingerprint density at radius 2 is 1.71 bits per heavy atom. The lowest BCUT2D eigenvalue weighted by atomic mass is 9.95. The number of para-hydroxylation sites is 1. The number of aromatic amines is 1. The molecule has 4 aromatic rings. The van der Waals surface area contributed by atoms with Gasteiger partial charge in [-0.3, -0.25) is 9.59 Å². The molecular formula is C27H20BrFN2O3. The number of aliphatic hydroxyl groups excluding tert-OH is 1. The normalized spacial score (nSPS) is 17.6. The summed E-state index contributed by atoms with van der Waals surface area (Å²) in [6.45, 7) is 0.183. The maximum atomic E-state index is 14.9. The maximum Gasteiger partial charge on any atom is 0.295 e. The third-order valence-corrected chi connectivity index (χ3v) is 6.68. The number of aromatic nitrogens is 1. The zero-order valence-electron chi connectivity index (χ0n) is 18.0. The third-order valence-electron chi connectivity index (χ3n) is 6.15. The van der Waals surface area contributed by atoms with Crippen LogP contribution >= 0.6 is 15.9 Å². The van der Waals surface area contributed by atoms with Crippen LogP contribution in [0.2, 0.25) is 0 Å². The number of nitrogens with zero attached hydrogens (tertiary/aromatic N) is 1. The highest BCUT2D eigenvalue weighted by Crippen LogP contribution is 2.40. The molecule has 170 valence electrons. The first-order valence-electron chi connectivity index (χ1n) is 10.8. The molecule has 2 heterocycles. The van der Waals surface area contributed by atoms with E-state index in [-0.39, 0.29) is 23.4 Å². The molecule has 0 bridgehead atoms. The van der Waals surface area contributed by atoms with Gasteiger partial charge < -0.3 is 15.0 Å². The summed E-state index contributed by atoms with van der Waals surface area (Å²) in [5, 5.41) is 12.1. The van der Waals surface area contributed by atoms with Crippen molar-refractivity contribution in [3.8, 4) is 0 Å². The van der Waals surface area contributed by atoms with E-state index in [0.717, 1.165) is 20.9 Å². The number of carbonyl (C=O) groups is 2. The Bertz CT molecular complexity index is 1440. The molecule has 5 nitrogen and oxygen atoms in total. The van der Waals surface area contributed by atoms with E-state index in [1.807, 2.05) is 30.5 Å². The smallest absolute Gasteiger partial charge is 0.295 e. The maximum absolute atomic E-state index is 14.9. The van der Waals surface area contributed by atoms with Crippen LogP contribution in [0.15, 0.2) is 89.0 Å². The Kier molecular flexibility index (Phi) is 5.79. The molecule has 1 aliphatic heterocycles. The molecule has 5 rings (SSSR count). The molecule has 0 spiro atoms. The van der Waals surface area contributed by atoms with Gasteiger partial charge in [0.05, 0.1) is 11.6 Å². The number of aliphatic hydroxyl groups is 1. The van der Waals surface area contributed by atoms with Gasteiger partial charge in [0.25, 0.3) is 11.7 Å². The van der Waals surface area contributed by atoms with E-state index in [1.165, 1.54) is 11.0 Å². The average Bonchev–Trinajstić information content (AvgIpc) is 3.37. The van der Waals surface area contributed by atoms with E-state index >= 15 is 0 Å². The fraction of sp³-hybridized carbons (Fsp3) is 0.111. The number of rotatable bonds is 5. The Hall–Kier alpha value is -3.71. The van der Waals surface area contributed by atoms with Crippen molar-refractivity contribution >= 4 is 44.3 Å². The number of amides is 1. The number of carbonyl (C=O) groups excluding carboxylic acids is 2. The largest absolute Gasteiger partial charge is 0.507 e. The Balaban J connectivity index is 1.58. The summed E-state index contributed by atoms with van der Waals surface area (Å²) < 4.78 is 15.7. The minimum atomic E-state index is -1.03. The van der Waals surface area contributed by atoms with Gasteiger partial charge in [0, 0.05) is 39.2 Å². The predicted molar refractivity (Wildman–Crippen MR) is 132 cm³/mol. The second-order valence-electron chi connectivity index (χ2n) is 8.13. The molecule has 1 atom stereocenters. The van der Waals surface area contributed by atoms with Gasteiger partial charge in [0.15, 0.2) is 0 Å². The number of ketones is 1. The number of likely N-dealkylation sites (tertiary alicyclic amines) is 1. The van der Waals surface area contributed by atoms with Gasteiger partial charge in [-0.25, -0.2) is 4.39 Å². The lowest BCUT2D eigenvalue weighted by Gasteiger charge is -2.25. The first-order valence-corrected chi connectivity index (χ1v) is 11.6. The number of hydrogen-bond donors (Lipinski definition) is 2. The summed E-state index contributed by atoms with van der Waals surface area (Å²) in [4.78, 5) is 30.8. The lowest BCUT2D eigenvalue weighted by Crippen LogP contribution is -2.32. The summed E-state index contributed by atoms with van der Waals surface area (Å²) in [7, 11) is 0. The predicted octanol–water partition coefficient (Wildman–Crippen LogP) is 5.73. The van der Waals surface area contributed by atoms with Crippen molar-refractivity contribution < 1.29 is 19.1 Å².